The van der Waals surface area contributed by atoms with E-state index in [1.165, 1.54) is 11.3 Å². The van der Waals surface area contributed by atoms with E-state index in [2.05, 4.69) is 15.2 Å². The molecular formula is C24H28N4O3S. The first kappa shape index (κ1) is 22.4. The average Bonchev–Trinajstić information content (AvgIpc) is 3.22. The summed E-state index contributed by atoms with van der Waals surface area (Å²) in [6.07, 6.45) is 2.52. The molecule has 0 aliphatic carbocycles. The number of hydrogen-bond acceptors (Lipinski definition) is 6. The molecule has 32 heavy (non-hydrogen) atoms. The number of ether oxygens (including phenoxy) is 1. The molecule has 4 rings (SSSR count). The van der Waals surface area contributed by atoms with Gasteiger partial charge >= 0.3 is 0 Å². The molecule has 1 aromatic heterocycles. The summed E-state index contributed by atoms with van der Waals surface area (Å²) in [4.78, 5) is 35.2. The lowest BCUT2D eigenvalue weighted by Crippen LogP contribution is -2.41. The Hall–Kier alpha value is -2.81. The van der Waals surface area contributed by atoms with Crippen molar-refractivity contribution in [3.63, 3.8) is 0 Å². The van der Waals surface area contributed by atoms with E-state index in [0.29, 0.717) is 17.2 Å². The van der Waals surface area contributed by atoms with Crippen molar-refractivity contribution in [1.82, 2.24) is 14.8 Å². The maximum atomic E-state index is 13.4. The largest absolute Gasteiger partial charge is 0.379 e. The van der Waals surface area contributed by atoms with E-state index in [4.69, 9.17) is 4.74 Å². The Morgan fingerprint density at radius 1 is 1.16 bits per heavy atom. The Bertz CT molecular complexity index is 1080. The number of hydrogen-bond donors (Lipinski definition) is 1. The van der Waals surface area contributed by atoms with Crippen LogP contribution in [0.5, 0.6) is 0 Å². The highest BCUT2D eigenvalue weighted by Gasteiger charge is 2.20. The number of carbonyl (C=O) groups is 2. The molecular weight excluding hydrogens is 424 g/mol. The van der Waals surface area contributed by atoms with Crippen LogP contribution in [0.1, 0.15) is 21.7 Å². The van der Waals surface area contributed by atoms with E-state index in [9.17, 15) is 9.59 Å². The molecule has 168 valence electrons. The summed E-state index contributed by atoms with van der Waals surface area (Å²) in [5.74, 6) is -0.372. The Kier molecular flexibility index (Phi) is 7.47. The molecule has 0 bridgehead atoms. The van der Waals surface area contributed by atoms with E-state index < -0.39 is 0 Å². The van der Waals surface area contributed by atoms with Gasteiger partial charge in [0.05, 0.1) is 13.2 Å². The van der Waals surface area contributed by atoms with Gasteiger partial charge < -0.3 is 15.0 Å². The Morgan fingerprint density at radius 2 is 1.94 bits per heavy atom. The van der Waals surface area contributed by atoms with Crippen molar-refractivity contribution >= 4 is 39.1 Å². The molecule has 8 heteroatoms. The van der Waals surface area contributed by atoms with Crippen LogP contribution in [0.3, 0.4) is 0 Å². The summed E-state index contributed by atoms with van der Waals surface area (Å²) in [7, 11) is 0. The van der Waals surface area contributed by atoms with Crippen LogP contribution in [0.2, 0.25) is 0 Å². The number of benzene rings is 2. The van der Waals surface area contributed by atoms with Gasteiger partial charge in [-0.2, -0.15) is 0 Å². The number of morpholine rings is 1. The predicted molar refractivity (Wildman–Crippen MR) is 127 cm³/mol. The van der Waals surface area contributed by atoms with Gasteiger partial charge in [-0.1, -0.05) is 30.3 Å². The minimum atomic E-state index is -0.236. The van der Waals surface area contributed by atoms with Crippen LogP contribution in [-0.2, 0) is 9.53 Å². The molecule has 7 nitrogen and oxygen atoms in total. The molecule has 3 aromatic rings. The van der Waals surface area contributed by atoms with Gasteiger partial charge in [0.2, 0.25) is 5.91 Å². The van der Waals surface area contributed by atoms with E-state index in [0.717, 1.165) is 54.9 Å². The molecule has 0 unspecified atom stereocenters. The number of nitrogens with zero attached hydrogens (tertiary/aromatic N) is 3. The second-order valence-corrected chi connectivity index (χ2v) is 9.16. The highest BCUT2D eigenvalue weighted by Crippen LogP contribution is 2.18. The zero-order chi connectivity index (χ0) is 22.3. The predicted octanol–water partition coefficient (Wildman–Crippen LogP) is 3.41. The maximum Gasteiger partial charge on any atom is 0.254 e. The number of nitrogens with one attached hydrogen (secondary N) is 1. The van der Waals surface area contributed by atoms with Crippen molar-refractivity contribution in [3.05, 3.63) is 59.1 Å². The van der Waals surface area contributed by atoms with Gasteiger partial charge in [0.1, 0.15) is 6.54 Å². The average molecular weight is 453 g/mol. The van der Waals surface area contributed by atoms with Gasteiger partial charge in [-0.3, -0.25) is 14.5 Å². The van der Waals surface area contributed by atoms with E-state index >= 15 is 0 Å². The van der Waals surface area contributed by atoms with Gasteiger partial charge in [-0.15, -0.1) is 11.3 Å². The molecule has 1 aliphatic rings. The Balaban J connectivity index is 1.45. The zero-order valence-electron chi connectivity index (χ0n) is 18.3. The molecule has 0 radical (unpaired) electrons. The maximum absolute atomic E-state index is 13.4. The van der Waals surface area contributed by atoms with Crippen LogP contribution in [-0.4, -0.2) is 72.5 Å². The molecule has 2 aromatic carbocycles. The molecule has 0 spiro atoms. The van der Waals surface area contributed by atoms with Gasteiger partial charge in [0, 0.05) is 42.8 Å². The molecule has 2 amide bonds. The summed E-state index contributed by atoms with van der Waals surface area (Å²) >= 11 is 1.42. The van der Waals surface area contributed by atoms with Crippen LogP contribution in [0.25, 0.3) is 10.8 Å². The number of carbonyl (C=O) groups excluding carboxylic acids is 2. The molecule has 0 saturated carbocycles. The first-order chi connectivity index (χ1) is 15.6. The van der Waals surface area contributed by atoms with Crippen LogP contribution in [0.4, 0.5) is 5.13 Å². The van der Waals surface area contributed by atoms with Crippen LogP contribution in [0.15, 0.2) is 48.7 Å². The number of anilines is 1. The highest BCUT2D eigenvalue weighted by molar-refractivity contribution is 7.15. The third-order valence-corrected chi connectivity index (χ3v) is 6.32. The van der Waals surface area contributed by atoms with Gasteiger partial charge in [-0.05, 0) is 36.2 Å². The van der Waals surface area contributed by atoms with E-state index in [-0.39, 0.29) is 18.4 Å². The standard InChI is InChI=1S/C24H28N4O3S/c1-18-16-25-24(32-18)26-22(29)17-28(10-4-9-27-11-13-31-14-12-27)23(30)21-8-7-19-5-2-3-6-20(19)15-21/h2-3,5-8,15-16H,4,9-14,17H2,1H3,(H,25,26,29). The van der Waals surface area contributed by atoms with Crippen molar-refractivity contribution in [2.24, 2.45) is 0 Å². The smallest absolute Gasteiger partial charge is 0.254 e. The monoisotopic (exact) mass is 452 g/mol. The molecule has 2 heterocycles. The second-order valence-electron chi connectivity index (χ2n) is 7.92. The number of thiazole rings is 1. The van der Waals surface area contributed by atoms with Gasteiger partial charge in [0.15, 0.2) is 5.13 Å². The summed E-state index contributed by atoms with van der Waals surface area (Å²) in [5, 5.41) is 5.46. The summed E-state index contributed by atoms with van der Waals surface area (Å²) in [6, 6.07) is 13.6. The fourth-order valence-corrected chi connectivity index (χ4v) is 4.49. The third-order valence-electron chi connectivity index (χ3n) is 5.49. The topological polar surface area (TPSA) is 74.8 Å². The Morgan fingerprint density at radius 3 is 2.69 bits per heavy atom. The van der Waals surface area contributed by atoms with Crippen molar-refractivity contribution in [3.8, 4) is 0 Å². The van der Waals surface area contributed by atoms with Gasteiger partial charge in [-0.25, -0.2) is 4.98 Å². The quantitative estimate of drug-likeness (QED) is 0.567. The lowest BCUT2D eigenvalue weighted by molar-refractivity contribution is -0.116. The number of amides is 2. The fraction of sp³-hybridized carbons (Fsp3) is 0.375. The molecule has 1 N–H and O–H groups in total. The van der Waals surface area contributed by atoms with Crippen LogP contribution < -0.4 is 5.32 Å². The number of aromatic nitrogens is 1. The lowest BCUT2D eigenvalue weighted by Gasteiger charge is -2.28. The van der Waals surface area contributed by atoms with Gasteiger partial charge in [0.25, 0.3) is 5.91 Å². The lowest BCUT2D eigenvalue weighted by atomic mass is 10.1. The highest BCUT2D eigenvalue weighted by atomic mass is 32.1. The van der Waals surface area contributed by atoms with Crippen molar-refractivity contribution in [2.45, 2.75) is 13.3 Å². The number of fused-ring (bicyclic) bond motifs is 1. The first-order valence-electron chi connectivity index (χ1n) is 10.9. The second kappa shape index (κ2) is 10.7. The minimum Gasteiger partial charge on any atom is -0.379 e. The SMILES string of the molecule is Cc1cnc(NC(=O)CN(CCCN2CCOCC2)C(=O)c2ccc3ccccc3c2)s1. The van der Waals surface area contributed by atoms with E-state index in [1.807, 2.05) is 49.4 Å². The summed E-state index contributed by atoms with van der Waals surface area (Å²) < 4.78 is 5.41. The fourth-order valence-electron chi connectivity index (χ4n) is 3.81. The van der Waals surface area contributed by atoms with Crippen LogP contribution >= 0.6 is 11.3 Å². The molecule has 1 aliphatic heterocycles. The van der Waals surface area contributed by atoms with Crippen molar-refractivity contribution in [1.29, 1.82) is 0 Å². The normalized spacial score (nSPS) is 14.4. The summed E-state index contributed by atoms with van der Waals surface area (Å²) in [5.41, 5.74) is 0.591. The van der Waals surface area contributed by atoms with Crippen molar-refractivity contribution in [2.75, 3.05) is 51.3 Å². The molecule has 1 fully saturated rings. The first-order valence-corrected chi connectivity index (χ1v) is 11.7. The Labute approximate surface area is 192 Å². The molecule has 1 saturated heterocycles. The van der Waals surface area contributed by atoms with Crippen LogP contribution in [0, 0.1) is 6.92 Å². The van der Waals surface area contributed by atoms with E-state index in [1.54, 1.807) is 11.1 Å². The zero-order valence-corrected chi connectivity index (χ0v) is 19.1. The number of rotatable bonds is 8. The summed E-state index contributed by atoms with van der Waals surface area (Å²) in [6.45, 7) is 6.61. The minimum absolute atomic E-state index is 0.00655. The molecule has 0 atom stereocenters. The third kappa shape index (κ3) is 5.91. The van der Waals surface area contributed by atoms with Crippen molar-refractivity contribution < 1.29 is 14.3 Å². The number of aryl methyl sites for hydroxylation is 1.